The summed E-state index contributed by atoms with van der Waals surface area (Å²) in [7, 11) is 0. The molecule has 0 aliphatic rings. The normalized spacial score (nSPS) is 11.9. The fourth-order valence-corrected chi connectivity index (χ4v) is 3.84. The minimum Gasteiger partial charge on any atom is -0.205 e. The van der Waals surface area contributed by atoms with Gasteiger partial charge in [-0.2, -0.15) is 5.26 Å². The number of hydrogen-bond donors (Lipinski definition) is 0. The Balaban J connectivity index is 1.42. The molecule has 33 heavy (non-hydrogen) atoms. The summed E-state index contributed by atoms with van der Waals surface area (Å²) >= 11 is 0. The summed E-state index contributed by atoms with van der Waals surface area (Å²) in [6.07, 6.45) is 5.04. The molecule has 0 aliphatic heterocycles. The molecule has 0 amide bonds. The van der Waals surface area contributed by atoms with Gasteiger partial charge in [0.25, 0.3) is 0 Å². The average molecular weight is 436 g/mol. The maximum Gasteiger partial charge on any atom is 0.144 e. The summed E-state index contributed by atoms with van der Waals surface area (Å²) in [4.78, 5) is 0. The van der Waals surface area contributed by atoms with E-state index in [2.05, 4.69) is 55.5 Å². The average Bonchev–Trinajstić information content (AvgIpc) is 2.84. The van der Waals surface area contributed by atoms with Gasteiger partial charge in [-0.05, 0) is 57.9 Å². The van der Waals surface area contributed by atoms with Gasteiger partial charge in [0, 0.05) is 0 Å². The molecule has 1 unspecified atom stereocenters. The zero-order chi connectivity index (χ0) is 23.2. The number of nitrogens with zero attached hydrogens (tertiary/aromatic N) is 1. The highest BCUT2D eigenvalue weighted by molar-refractivity contribution is 5.72. The third-order valence-corrected chi connectivity index (χ3v) is 5.76. The minimum absolute atomic E-state index is 0.403. The molecule has 0 saturated carbocycles. The molecule has 0 spiro atoms. The molecule has 0 aliphatic carbocycles. The second-order valence-corrected chi connectivity index (χ2v) is 8.14. The van der Waals surface area contributed by atoms with Gasteiger partial charge < -0.3 is 0 Å². The predicted molar refractivity (Wildman–Crippen MR) is 130 cm³/mol. The number of hydrogen-bond acceptors (Lipinski definition) is 1. The van der Waals surface area contributed by atoms with Gasteiger partial charge in [-0.3, -0.25) is 0 Å². The van der Waals surface area contributed by atoms with Gasteiger partial charge in [-0.25, -0.2) is 8.78 Å². The largest absolute Gasteiger partial charge is 0.205 e. The summed E-state index contributed by atoms with van der Waals surface area (Å²) in [5, 5.41) is 8.81. The first kappa shape index (κ1) is 22.2. The fraction of sp³-hybridized carbons (Fsp3) is 0.100. The SMILES string of the molecule is CC(Cc1ccc(/C=C/c2ccc(-c3cc(F)c(C#N)c(F)c3)cc2)cc1)c1ccccc1. The van der Waals surface area contributed by atoms with Crippen molar-refractivity contribution in [2.24, 2.45) is 0 Å². The van der Waals surface area contributed by atoms with Crippen molar-refractivity contribution in [3.05, 3.63) is 130 Å². The second-order valence-electron chi connectivity index (χ2n) is 8.14. The lowest BCUT2D eigenvalue weighted by atomic mass is 9.93. The molecule has 0 N–H and O–H groups in total. The van der Waals surface area contributed by atoms with Crippen molar-refractivity contribution in [2.45, 2.75) is 19.3 Å². The van der Waals surface area contributed by atoms with Crippen LogP contribution >= 0.6 is 0 Å². The number of nitriles is 1. The Bertz CT molecular complexity index is 1280. The van der Waals surface area contributed by atoms with E-state index in [0.717, 1.165) is 17.5 Å². The summed E-state index contributed by atoms with van der Waals surface area (Å²) in [5.74, 6) is -1.24. The predicted octanol–water partition coefficient (Wildman–Crippen LogP) is 8.02. The molecule has 3 heteroatoms. The van der Waals surface area contributed by atoms with E-state index in [9.17, 15) is 8.78 Å². The zero-order valence-electron chi connectivity index (χ0n) is 18.3. The molecule has 0 radical (unpaired) electrons. The van der Waals surface area contributed by atoms with E-state index in [4.69, 9.17) is 5.26 Å². The standard InChI is InChI=1S/C30H23F2N/c1-21(25-5-3-2-4-6-25)17-24-11-9-22(10-12-24)7-8-23-13-15-26(16-14-23)27-18-29(31)28(20-33)30(32)19-27/h2-16,18-19,21H,17H2,1H3/b8-7+. The molecular formula is C30H23F2N. The van der Waals surface area contributed by atoms with Gasteiger partial charge in [0.15, 0.2) is 0 Å². The highest BCUT2D eigenvalue weighted by atomic mass is 19.1. The van der Waals surface area contributed by atoms with Crippen LogP contribution in [0.3, 0.4) is 0 Å². The minimum atomic E-state index is -0.849. The zero-order valence-corrected chi connectivity index (χ0v) is 18.3. The van der Waals surface area contributed by atoms with Crippen LogP contribution in [0.1, 0.15) is 40.7 Å². The van der Waals surface area contributed by atoms with E-state index in [0.29, 0.717) is 17.0 Å². The maximum absolute atomic E-state index is 13.9. The van der Waals surface area contributed by atoms with Crippen LogP contribution in [0, 0.1) is 23.0 Å². The number of benzene rings is 4. The van der Waals surface area contributed by atoms with Gasteiger partial charge in [-0.15, -0.1) is 0 Å². The Hall–Kier alpha value is -4.03. The lowest BCUT2D eigenvalue weighted by molar-refractivity contribution is 0.577. The number of halogens is 2. The van der Waals surface area contributed by atoms with E-state index in [1.165, 1.54) is 23.3 Å². The van der Waals surface area contributed by atoms with Crippen LogP contribution in [-0.2, 0) is 6.42 Å². The third kappa shape index (κ3) is 5.42. The lowest BCUT2D eigenvalue weighted by Crippen LogP contribution is -1.98. The Kier molecular flexibility index (Phi) is 6.76. The van der Waals surface area contributed by atoms with Crippen molar-refractivity contribution in [3.8, 4) is 17.2 Å². The molecule has 0 heterocycles. The highest BCUT2D eigenvalue weighted by Crippen LogP contribution is 2.25. The van der Waals surface area contributed by atoms with Gasteiger partial charge in [0.2, 0.25) is 0 Å². The molecule has 4 rings (SSSR count). The highest BCUT2D eigenvalue weighted by Gasteiger charge is 2.11. The quantitative estimate of drug-likeness (QED) is 0.281. The molecule has 1 nitrogen and oxygen atoms in total. The third-order valence-electron chi connectivity index (χ3n) is 5.76. The summed E-state index contributed by atoms with van der Waals surface area (Å²) in [5.41, 5.74) is 5.26. The molecule has 0 bridgehead atoms. The second kappa shape index (κ2) is 10.1. The van der Waals surface area contributed by atoms with Gasteiger partial charge in [0.1, 0.15) is 23.3 Å². The van der Waals surface area contributed by atoms with Crippen LogP contribution < -0.4 is 0 Å². The summed E-state index contributed by atoms with van der Waals surface area (Å²) in [6, 6.07) is 30.4. The topological polar surface area (TPSA) is 23.8 Å². The van der Waals surface area contributed by atoms with Crippen LogP contribution in [0.2, 0.25) is 0 Å². The van der Waals surface area contributed by atoms with Crippen molar-refractivity contribution >= 4 is 12.2 Å². The molecule has 0 saturated heterocycles. The van der Waals surface area contributed by atoms with E-state index in [1.807, 2.05) is 42.5 Å². The fourth-order valence-electron chi connectivity index (χ4n) is 3.84. The lowest BCUT2D eigenvalue weighted by Gasteiger charge is -2.12. The van der Waals surface area contributed by atoms with Crippen molar-refractivity contribution in [3.63, 3.8) is 0 Å². The van der Waals surface area contributed by atoms with E-state index in [-0.39, 0.29) is 0 Å². The van der Waals surface area contributed by atoms with E-state index >= 15 is 0 Å². The van der Waals surface area contributed by atoms with Crippen LogP contribution in [0.4, 0.5) is 8.78 Å². The Morgan fingerprint density at radius 1 is 0.758 bits per heavy atom. The van der Waals surface area contributed by atoms with Crippen molar-refractivity contribution < 1.29 is 8.78 Å². The summed E-state index contributed by atoms with van der Waals surface area (Å²) < 4.78 is 27.8. The maximum atomic E-state index is 13.9. The van der Waals surface area contributed by atoms with E-state index < -0.39 is 17.2 Å². The van der Waals surface area contributed by atoms with Crippen LogP contribution in [0.25, 0.3) is 23.3 Å². The summed E-state index contributed by atoms with van der Waals surface area (Å²) in [6.45, 7) is 2.24. The molecule has 4 aromatic rings. The first-order valence-corrected chi connectivity index (χ1v) is 10.8. The van der Waals surface area contributed by atoms with Gasteiger partial charge in [0.05, 0.1) is 0 Å². The van der Waals surface area contributed by atoms with Crippen LogP contribution in [0.15, 0.2) is 91.0 Å². The Labute approximate surface area is 193 Å². The molecule has 0 fully saturated rings. The monoisotopic (exact) mass is 435 g/mol. The molecule has 162 valence electrons. The van der Waals surface area contributed by atoms with Crippen LogP contribution in [0.5, 0.6) is 0 Å². The van der Waals surface area contributed by atoms with Crippen molar-refractivity contribution in [1.82, 2.24) is 0 Å². The first-order valence-electron chi connectivity index (χ1n) is 10.8. The molecule has 4 aromatic carbocycles. The molecular weight excluding hydrogens is 412 g/mol. The van der Waals surface area contributed by atoms with Gasteiger partial charge in [-0.1, -0.05) is 97.9 Å². The molecule has 0 aromatic heterocycles. The van der Waals surface area contributed by atoms with Crippen LogP contribution in [-0.4, -0.2) is 0 Å². The van der Waals surface area contributed by atoms with E-state index in [1.54, 1.807) is 6.07 Å². The smallest absolute Gasteiger partial charge is 0.144 e. The van der Waals surface area contributed by atoms with Crippen molar-refractivity contribution in [2.75, 3.05) is 0 Å². The van der Waals surface area contributed by atoms with Gasteiger partial charge >= 0.3 is 0 Å². The Morgan fingerprint density at radius 2 is 1.30 bits per heavy atom. The van der Waals surface area contributed by atoms with Crippen molar-refractivity contribution in [1.29, 1.82) is 5.26 Å². The first-order chi connectivity index (χ1) is 16.0. The number of rotatable bonds is 6. The Morgan fingerprint density at radius 3 is 1.85 bits per heavy atom. The molecule has 1 atom stereocenters.